The van der Waals surface area contributed by atoms with Crippen LogP contribution in [0.25, 0.3) is 0 Å². The predicted molar refractivity (Wildman–Crippen MR) is 61.9 cm³/mol. The van der Waals surface area contributed by atoms with Crippen molar-refractivity contribution in [2.24, 2.45) is 23.7 Å². The Hall–Kier alpha value is 0. The van der Waals surface area contributed by atoms with Crippen LogP contribution in [-0.4, -0.2) is 0 Å². The molecule has 0 spiro atoms. The second kappa shape index (κ2) is 6.45. The van der Waals surface area contributed by atoms with Crippen molar-refractivity contribution in [3.8, 4) is 0 Å². The van der Waals surface area contributed by atoms with E-state index in [0.717, 1.165) is 23.7 Å². The Bertz CT molecular complexity index is 113. The van der Waals surface area contributed by atoms with E-state index < -0.39 is 0 Å². The van der Waals surface area contributed by atoms with Crippen molar-refractivity contribution in [2.45, 2.75) is 60.8 Å². The molecule has 2 unspecified atom stereocenters. The molecule has 0 heteroatoms. The fraction of sp³-hybridized carbons (Fsp3) is 1.00. The quantitative estimate of drug-likeness (QED) is 0.559. The Balaban J connectivity index is 3.55. The summed E-state index contributed by atoms with van der Waals surface area (Å²) in [5, 5.41) is 0. The largest absolute Gasteiger partial charge is 0.0628 e. The summed E-state index contributed by atoms with van der Waals surface area (Å²) in [6, 6.07) is 0. The minimum absolute atomic E-state index is 0.849. The molecule has 0 aliphatic rings. The lowest BCUT2D eigenvalue weighted by molar-refractivity contribution is 0.309. The average molecular weight is 184 g/mol. The molecule has 0 saturated carbocycles. The minimum Gasteiger partial charge on any atom is -0.0628 e. The standard InChI is InChI=1S/C13H28/c1-10(2)7-8-12(5)9-13(6)11(3)4/h10-13H,7-9H2,1-6H3. The molecule has 0 rings (SSSR count). The Labute approximate surface area is 85.1 Å². The maximum absolute atomic E-state index is 2.40. The van der Waals surface area contributed by atoms with Crippen molar-refractivity contribution >= 4 is 0 Å². The average Bonchev–Trinajstić information content (AvgIpc) is 2.00. The van der Waals surface area contributed by atoms with Crippen LogP contribution in [0.5, 0.6) is 0 Å². The monoisotopic (exact) mass is 184 g/mol. The molecule has 0 amide bonds. The third-order valence-electron chi connectivity index (χ3n) is 3.15. The lowest BCUT2D eigenvalue weighted by atomic mass is 9.86. The van der Waals surface area contributed by atoms with Gasteiger partial charge in [-0.1, -0.05) is 54.4 Å². The van der Waals surface area contributed by atoms with Gasteiger partial charge in [0.05, 0.1) is 0 Å². The zero-order chi connectivity index (χ0) is 10.4. The zero-order valence-corrected chi connectivity index (χ0v) is 10.4. The van der Waals surface area contributed by atoms with Gasteiger partial charge in [0.25, 0.3) is 0 Å². The first-order valence-corrected chi connectivity index (χ1v) is 5.93. The first-order valence-electron chi connectivity index (χ1n) is 5.93. The van der Waals surface area contributed by atoms with E-state index in [1.54, 1.807) is 0 Å². The Morgan fingerprint density at radius 2 is 1.31 bits per heavy atom. The summed E-state index contributed by atoms with van der Waals surface area (Å²) in [6.07, 6.45) is 4.21. The fourth-order valence-corrected chi connectivity index (χ4v) is 1.64. The molecule has 0 radical (unpaired) electrons. The van der Waals surface area contributed by atoms with Gasteiger partial charge in [-0.2, -0.15) is 0 Å². The summed E-state index contributed by atoms with van der Waals surface area (Å²) in [7, 11) is 0. The second-order valence-corrected chi connectivity index (χ2v) is 5.53. The molecule has 0 aromatic rings. The molecular formula is C13H28. The summed E-state index contributed by atoms with van der Waals surface area (Å²) < 4.78 is 0. The van der Waals surface area contributed by atoms with Crippen LogP contribution >= 0.6 is 0 Å². The van der Waals surface area contributed by atoms with Crippen molar-refractivity contribution in [3.05, 3.63) is 0 Å². The van der Waals surface area contributed by atoms with Gasteiger partial charge in [0.15, 0.2) is 0 Å². The van der Waals surface area contributed by atoms with E-state index in [1.165, 1.54) is 19.3 Å². The van der Waals surface area contributed by atoms with Crippen LogP contribution in [0, 0.1) is 23.7 Å². The van der Waals surface area contributed by atoms with E-state index in [0.29, 0.717) is 0 Å². The maximum Gasteiger partial charge on any atom is -0.0417 e. The number of hydrogen-bond acceptors (Lipinski definition) is 0. The molecule has 0 saturated heterocycles. The van der Waals surface area contributed by atoms with Gasteiger partial charge in [0, 0.05) is 0 Å². The van der Waals surface area contributed by atoms with E-state index in [9.17, 15) is 0 Å². The lowest BCUT2D eigenvalue weighted by Crippen LogP contribution is -2.09. The van der Waals surface area contributed by atoms with Crippen LogP contribution in [0.15, 0.2) is 0 Å². The van der Waals surface area contributed by atoms with E-state index in [4.69, 9.17) is 0 Å². The highest BCUT2D eigenvalue weighted by molar-refractivity contribution is 4.63. The van der Waals surface area contributed by atoms with Gasteiger partial charge in [-0.3, -0.25) is 0 Å². The van der Waals surface area contributed by atoms with Crippen LogP contribution in [-0.2, 0) is 0 Å². The third kappa shape index (κ3) is 7.10. The zero-order valence-electron chi connectivity index (χ0n) is 10.4. The topological polar surface area (TPSA) is 0 Å². The van der Waals surface area contributed by atoms with E-state index >= 15 is 0 Å². The Morgan fingerprint density at radius 1 is 0.769 bits per heavy atom. The summed E-state index contributed by atoms with van der Waals surface area (Å²) in [5.41, 5.74) is 0. The van der Waals surface area contributed by atoms with Gasteiger partial charge in [-0.05, 0) is 30.1 Å². The van der Waals surface area contributed by atoms with Crippen molar-refractivity contribution in [3.63, 3.8) is 0 Å². The first kappa shape index (κ1) is 13.0. The molecule has 0 heterocycles. The molecule has 0 aliphatic carbocycles. The normalized spacial score (nSPS) is 16.6. The molecule has 0 aromatic carbocycles. The molecule has 0 fully saturated rings. The van der Waals surface area contributed by atoms with Gasteiger partial charge in [-0.15, -0.1) is 0 Å². The van der Waals surface area contributed by atoms with Gasteiger partial charge in [0.2, 0.25) is 0 Å². The number of hydrogen-bond donors (Lipinski definition) is 0. The molecule has 0 N–H and O–H groups in total. The lowest BCUT2D eigenvalue weighted by Gasteiger charge is -2.20. The van der Waals surface area contributed by atoms with Crippen LogP contribution in [0.2, 0.25) is 0 Å². The van der Waals surface area contributed by atoms with Crippen molar-refractivity contribution in [2.75, 3.05) is 0 Å². The molecule has 0 bridgehead atoms. The van der Waals surface area contributed by atoms with Crippen LogP contribution in [0.3, 0.4) is 0 Å². The van der Waals surface area contributed by atoms with Crippen LogP contribution in [0.4, 0.5) is 0 Å². The molecule has 0 nitrogen and oxygen atoms in total. The summed E-state index contributed by atoms with van der Waals surface area (Å²) in [4.78, 5) is 0. The van der Waals surface area contributed by atoms with E-state index in [2.05, 4.69) is 41.5 Å². The highest BCUT2D eigenvalue weighted by Gasteiger charge is 2.12. The summed E-state index contributed by atoms with van der Waals surface area (Å²) >= 11 is 0. The van der Waals surface area contributed by atoms with Crippen LogP contribution in [0.1, 0.15) is 60.8 Å². The smallest absolute Gasteiger partial charge is 0.0417 e. The highest BCUT2D eigenvalue weighted by Crippen LogP contribution is 2.23. The van der Waals surface area contributed by atoms with E-state index in [1.807, 2.05) is 0 Å². The van der Waals surface area contributed by atoms with Crippen molar-refractivity contribution < 1.29 is 0 Å². The molecule has 0 aromatic heterocycles. The minimum atomic E-state index is 0.849. The SMILES string of the molecule is CC(C)CCC(C)CC(C)C(C)C. The summed E-state index contributed by atoms with van der Waals surface area (Å²) in [6.45, 7) is 14.1. The fourth-order valence-electron chi connectivity index (χ4n) is 1.64. The second-order valence-electron chi connectivity index (χ2n) is 5.53. The van der Waals surface area contributed by atoms with Gasteiger partial charge in [-0.25, -0.2) is 0 Å². The Kier molecular flexibility index (Phi) is 6.45. The highest BCUT2D eigenvalue weighted by atomic mass is 14.2. The maximum atomic E-state index is 2.40. The molecular weight excluding hydrogens is 156 g/mol. The van der Waals surface area contributed by atoms with Gasteiger partial charge >= 0.3 is 0 Å². The molecule has 13 heavy (non-hydrogen) atoms. The molecule has 0 aliphatic heterocycles. The summed E-state index contributed by atoms with van der Waals surface area (Å²) in [5.74, 6) is 3.53. The number of rotatable bonds is 6. The van der Waals surface area contributed by atoms with Gasteiger partial charge < -0.3 is 0 Å². The predicted octanol–water partition coefficient (Wildman–Crippen LogP) is 4.74. The Morgan fingerprint density at radius 3 is 1.69 bits per heavy atom. The van der Waals surface area contributed by atoms with Crippen molar-refractivity contribution in [1.82, 2.24) is 0 Å². The van der Waals surface area contributed by atoms with E-state index in [-0.39, 0.29) is 0 Å². The van der Waals surface area contributed by atoms with Gasteiger partial charge in [0.1, 0.15) is 0 Å². The molecule has 80 valence electrons. The van der Waals surface area contributed by atoms with Crippen molar-refractivity contribution in [1.29, 1.82) is 0 Å². The van der Waals surface area contributed by atoms with Crippen LogP contribution < -0.4 is 0 Å². The third-order valence-corrected chi connectivity index (χ3v) is 3.15. The molecule has 2 atom stereocenters. The first-order chi connectivity index (χ1) is 5.93.